The van der Waals surface area contributed by atoms with Crippen LogP contribution >= 0.6 is 11.6 Å². The van der Waals surface area contributed by atoms with Crippen molar-refractivity contribution in [2.75, 3.05) is 24.5 Å². The molecule has 4 aromatic rings. The molecule has 0 radical (unpaired) electrons. The van der Waals surface area contributed by atoms with Crippen LogP contribution in [0.4, 0.5) is 15.8 Å². The molecular formula is C41H33ClFN3O10. The second kappa shape index (κ2) is 13.4. The normalized spacial score (nSPS) is 25.4. The SMILES string of the molecule is COc1cc(O)c(C2C3=CCC4C(=O)N(c5ccc(C(=O)O)c(O)c5)C(=O)C4C3CC3C(=O)N(Nc4ccc(F)cc4)C(=O)C32c2ccc(Cl)cc2)c(OC)c1. The Morgan fingerprint density at radius 3 is 2.23 bits per heavy atom. The Balaban J connectivity index is 1.34. The number of fused-ring (bicyclic) bond motifs is 4. The predicted octanol–water partition coefficient (Wildman–Crippen LogP) is 5.80. The number of rotatable bonds is 8. The van der Waals surface area contributed by atoms with Crippen molar-refractivity contribution in [2.24, 2.45) is 23.7 Å². The van der Waals surface area contributed by atoms with Gasteiger partial charge in [-0.25, -0.2) is 14.1 Å². The minimum absolute atomic E-state index is 0.0300. The molecule has 56 heavy (non-hydrogen) atoms. The second-order valence-electron chi connectivity index (χ2n) is 14.2. The molecule has 4 aromatic carbocycles. The van der Waals surface area contributed by atoms with Gasteiger partial charge in [0.1, 0.15) is 34.4 Å². The Bertz CT molecular complexity index is 2390. The van der Waals surface area contributed by atoms with Crippen LogP contribution in [-0.2, 0) is 24.6 Å². The number of carbonyl (C=O) groups is 5. The Morgan fingerprint density at radius 2 is 1.59 bits per heavy atom. The lowest BCUT2D eigenvalue weighted by Crippen LogP contribution is -2.53. The summed E-state index contributed by atoms with van der Waals surface area (Å²) in [7, 11) is 2.78. The maximum Gasteiger partial charge on any atom is 0.339 e. The molecule has 6 unspecified atom stereocenters. The third kappa shape index (κ3) is 5.30. The Morgan fingerprint density at radius 1 is 0.875 bits per heavy atom. The van der Waals surface area contributed by atoms with Crippen molar-refractivity contribution in [3.63, 3.8) is 0 Å². The summed E-state index contributed by atoms with van der Waals surface area (Å²) in [6.07, 6.45) is 1.72. The van der Waals surface area contributed by atoms with Crippen LogP contribution in [0.1, 0.15) is 40.2 Å². The van der Waals surface area contributed by atoms with Gasteiger partial charge in [0.25, 0.3) is 11.8 Å². The lowest BCUT2D eigenvalue weighted by Gasteiger charge is -2.50. The van der Waals surface area contributed by atoms with Crippen LogP contribution in [0.3, 0.4) is 0 Å². The van der Waals surface area contributed by atoms with Gasteiger partial charge in [-0.2, -0.15) is 5.01 Å². The van der Waals surface area contributed by atoms with Crippen LogP contribution in [0.2, 0.25) is 5.02 Å². The molecule has 2 aliphatic carbocycles. The number of phenols is 2. The standard InChI is InChI=1S/C41H33ClFN3O10/c1-55-24-16-31(48)34(32(17-24)56-2)35-25-13-14-27-33(38(51)45(36(27)49)23-11-12-26(39(52)53)30(47)15-23)28(25)18-29-37(50)46(44-22-9-7-21(43)8-10-22)40(54)41(29,35)19-3-5-20(42)6-4-19/h3-13,15-17,27-29,33,35,44,47-48H,14,18H2,1-2H3,(H,52,53). The second-order valence-corrected chi connectivity index (χ2v) is 14.6. The molecule has 2 heterocycles. The first kappa shape index (κ1) is 36.6. The van der Waals surface area contributed by atoms with Gasteiger partial charge < -0.3 is 24.8 Å². The summed E-state index contributed by atoms with van der Waals surface area (Å²) in [6, 6.07) is 17.8. The summed E-state index contributed by atoms with van der Waals surface area (Å²) in [5.74, 6) is -10.3. The molecule has 6 atom stereocenters. The van der Waals surface area contributed by atoms with Gasteiger partial charge in [-0.05, 0) is 72.9 Å². The van der Waals surface area contributed by atoms with Gasteiger partial charge in [-0.15, -0.1) is 0 Å². The zero-order chi connectivity index (χ0) is 39.8. The highest BCUT2D eigenvalue weighted by Crippen LogP contribution is 2.66. The van der Waals surface area contributed by atoms with Crippen molar-refractivity contribution in [3.8, 4) is 23.0 Å². The number of carbonyl (C=O) groups excluding carboxylic acids is 4. The third-order valence-electron chi connectivity index (χ3n) is 11.6. The summed E-state index contributed by atoms with van der Waals surface area (Å²) < 4.78 is 25.2. The molecule has 1 saturated carbocycles. The summed E-state index contributed by atoms with van der Waals surface area (Å²) in [5.41, 5.74) is 1.88. The average molecular weight is 782 g/mol. The van der Waals surface area contributed by atoms with Crippen molar-refractivity contribution in [1.29, 1.82) is 0 Å². The van der Waals surface area contributed by atoms with Crippen molar-refractivity contribution >= 4 is 52.6 Å². The van der Waals surface area contributed by atoms with E-state index in [0.717, 1.165) is 22.0 Å². The zero-order valence-corrected chi connectivity index (χ0v) is 30.5. The minimum Gasteiger partial charge on any atom is -0.507 e. The van der Waals surface area contributed by atoms with Crippen molar-refractivity contribution < 1.29 is 53.2 Å². The predicted molar refractivity (Wildman–Crippen MR) is 198 cm³/mol. The molecular weight excluding hydrogens is 749 g/mol. The van der Waals surface area contributed by atoms with Crippen LogP contribution in [0, 0.1) is 29.5 Å². The Hall–Kier alpha value is -6.41. The summed E-state index contributed by atoms with van der Waals surface area (Å²) >= 11 is 6.35. The molecule has 0 bridgehead atoms. The van der Waals surface area contributed by atoms with E-state index < -0.39 is 81.7 Å². The summed E-state index contributed by atoms with van der Waals surface area (Å²) in [4.78, 5) is 71.4. The van der Waals surface area contributed by atoms with Crippen LogP contribution in [0.25, 0.3) is 0 Å². The number of nitrogens with zero attached hydrogens (tertiary/aromatic N) is 2. The average Bonchev–Trinajstić information content (AvgIpc) is 3.56. The molecule has 0 spiro atoms. The van der Waals surface area contributed by atoms with E-state index in [0.29, 0.717) is 16.2 Å². The topological polar surface area (TPSA) is 183 Å². The highest BCUT2D eigenvalue weighted by atomic mass is 35.5. The Kier molecular flexibility index (Phi) is 8.75. The molecule has 13 nitrogen and oxygen atoms in total. The fourth-order valence-electron chi connectivity index (χ4n) is 9.23. The van der Waals surface area contributed by atoms with E-state index in [-0.39, 0.29) is 47.0 Å². The molecule has 286 valence electrons. The smallest absolute Gasteiger partial charge is 0.339 e. The third-order valence-corrected chi connectivity index (χ3v) is 11.8. The van der Waals surface area contributed by atoms with E-state index in [9.17, 15) is 38.9 Å². The van der Waals surface area contributed by atoms with E-state index in [4.69, 9.17) is 21.1 Å². The fourth-order valence-corrected chi connectivity index (χ4v) is 9.35. The number of hydrogen-bond donors (Lipinski definition) is 4. The Labute approximate surface area is 323 Å². The number of aromatic carboxylic acids is 1. The van der Waals surface area contributed by atoms with Gasteiger partial charge in [0.2, 0.25) is 11.8 Å². The van der Waals surface area contributed by atoms with E-state index in [1.807, 2.05) is 0 Å². The van der Waals surface area contributed by atoms with Crippen LogP contribution in [-0.4, -0.2) is 64.1 Å². The van der Waals surface area contributed by atoms with Gasteiger partial charge in [-0.1, -0.05) is 35.4 Å². The molecule has 0 aromatic heterocycles. The van der Waals surface area contributed by atoms with Crippen molar-refractivity contribution in [2.45, 2.75) is 24.2 Å². The molecule has 4 amide bonds. The molecule has 8 rings (SSSR count). The number of ether oxygens (including phenoxy) is 2. The van der Waals surface area contributed by atoms with Crippen LogP contribution in [0.5, 0.6) is 23.0 Å². The number of benzene rings is 4. The van der Waals surface area contributed by atoms with Crippen molar-refractivity contribution in [1.82, 2.24) is 5.01 Å². The number of carboxylic acids is 1. The zero-order valence-electron chi connectivity index (χ0n) is 29.7. The van der Waals surface area contributed by atoms with Gasteiger partial charge in [0, 0.05) is 34.7 Å². The monoisotopic (exact) mass is 781 g/mol. The number of anilines is 2. The summed E-state index contributed by atoms with van der Waals surface area (Å²) in [5, 5.41) is 33.0. The number of hydrogen-bond acceptors (Lipinski definition) is 10. The maximum atomic E-state index is 15.4. The van der Waals surface area contributed by atoms with Gasteiger partial charge in [-0.3, -0.25) is 24.6 Å². The van der Waals surface area contributed by atoms with Gasteiger partial charge in [0.05, 0.1) is 48.8 Å². The van der Waals surface area contributed by atoms with E-state index in [1.54, 1.807) is 30.3 Å². The highest BCUT2D eigenvalue weighted by Gasteiger charge is 2.71. The van der Waals surface area contributed by atoms with E-state index in [2.05, 4.69) is 5.43 Å². The van der Waals surface area contributed by atoms with E-state index >= 15 is 4.79 Å². The highest BCUT2D eigenvalue weighted by molar-refractivity contribution is 6.30. The number of amides is 4. The largest absolute Gasteiger partial charge is 0.507 e. The van der Waals surface area contributed by atoms with Crippen molar-refractivity contribution in [3.05, 3.63) is 118 Å². The first-order valence-corrected chi connectivity index (χ1v) is 17.9. The minimum atomic E-state index is -1.80. The number of nitrogens with one attached hydrogen (secondary N) is 1. The molecule has 4 N–H and O–H groups in total. The first-order valence-electron chi connectivity index (χ1n) is 17.6. The molecule has 2 saturated heterocycles. The van der Waals surface area contributed by atoms with E-state index in [1.165, 1.54) is 56.7 Å². The van der Waals surface area contributed by atoms with Gasteiger partial charge in [0.15, 0.2) is 0 Å². The number of allylic oxidation sites excluding steroid dienone is 2. The first-order chi connectivity index (χ1) is 26.8. The lowest BCUT2D eigenvalue weighted by molar-refractivity contribution is -0.138. The van der Waals surface area contributed by atoms with Crippen LogP contribution in [0.15, 0.2) is 90.5 Å². The lowest BCUT2D eigenvalue weighted by atomic mass is 9.49. The number of aromatic hydroxyl groups is 2. The number of halogens is 2. The number of carboxylic acid groups (broad SMARTS) is 1. The molecule has 4 aliphatic rings. The molecule has 3 fully saturated rings. The van der Waals surface area contributed by atoms with Crippen LogP contribution < -0.4 is 19.8 Å². The number of methoxy groups -OCH3 is 2. The maximum absolute atomic E-state index is 15.4. The molecule has 2 aliphatic heterocycles. The quantitative estimate of drug-likeness (QED) is 0.125. The fraction of sp³-hybridized carbons (Fsp3) is 0.244. The number of imide groups is 2. The summed E-state index contributed by atoms with van der Waals surface area (Å²) in [6.45, 7) is 0. The van der Waals surface area contributed by atoms with Gasteiger partial charge >= 0.3 is 5.97 Å². The number of hydrazine groups is 1. The number of phenolic OH excluding ortho intramolecular Hbond substituents is 1. The molecule has 15 heteroatoms.